The molecule has 0 bridgehead atoms. The Morgan fingerprint density at radius 1 is 1.17 bits per heavy atom. The summed E-state index contributed by atoms with van der Waals surface area (Å²) in [4.78, 5) is 11.7. The van der Waals surface area contributed by atoms with Crippen molar-refractivity contribution in [3.8, 4) is 6.07 Å². The summed E-state index contributed by atoms with van der Waals surface area (Å²) in [5.74, 6) is -0.0145. The van der Waals surface area contributed by atoms with E-state index in [1.807, 2.05) is 30.4 Å². The van der Waals surface area contributed by atoms with Gasteiger partial charge in [-0.05, 0) is 23.8 Å². The molecule has 2 aliphatic rings. The molecule has 3 rings (SSSR count). The van der Waals surface area contributed by atoms with Gasteiger partial charge in [0.15, 0.2) is 0 Å². The van der Waals surface area contributed by atoms with E-state index in [1.165, 1.54) is 6.08 Å². The molecule has 0 saturated heterocycles. The summed E-state index contributed by atoms with van der Waals surface area (Å²) < 4.78 is 0. The molecular formula is C20H15FeNO. The Bertz CT molecular complexity index is 703. The molecule has 114 valence electrons. The Hall–Kier alpha value is -2.40. The summed E-state index contributed by atoms with van der Waals surface area (Å²) in [6.45, 7) is 0. The van der Waals surface area contributed by atoms with Crippen LogP contribution in [-0.2, 0) is 21.9 Å². The Morgan fingerprint density at radius 3 is 2.43 bits per heavy atom. The van der Waals surface area contributed by atoms with Gasteiger partial charge in [-0.2, -0.15) is 17.4 Å². The van der Waals surface area contributed by atoms with E-state index in [9.17, 15) is 4.79 Å². The van der Waals surface area contributed by atoms with E-state index in [-0.39, 0.29) is 22.9 Å². The molecule has 0 atom stereocenters. The average Bonchev–Trinajstić information content (AvgIpc) is 3.28. The summed E-state index contributed by atoms with van der Waals surface area (Å²) in [5, 5.41) is 8.65. The third-order valence-electron chi connectivity index (χ3n) is 3.03. The van der Waals surface area contributed by atoms with Crippen molar-refractivity contribution in [2.75, 3.05) is 0 Å². The number of benzene rings is 1. The predicted molar refractivity (Wildman–Crippen MR) is 87.3 cm³/mol. The maximum Gasteiger partial charge on any atom is 2.00 e. The van der Waals surface area contributed by atoms with Crippen LogP contribution in [0, 0.1) is 23.5 Å². The number of rotatable bonds is 3. The molecule has 23 heavy (non-hydrogen) atoms. The van der Waals surface area contributed by atoms with Crippen LogP contribution in [0.2, 0.25) is 0 Å². The molecule has 0 spiro atoms. The first-order valence-electron chi connectivity index (χ1n) is 7.00. The summed E-state index contributed by atoms with van der Waals surface area (Å²) in [7, 11) is 0. The first-order chi connectivity index (χ1) is 10.8. The second-order valence-corrected chi connectivity index (χ2v) is 4.65. The van der Waals surface area contributed by atoms with Gasteiger partial charge >= 0.3 is 17.1 Å². The molecule has 3 heteroatoms. The van der Waals surface area contributed by atoms with E-state index >= 15 is 0 Å². The summed E-state index contributed by atoms with van der Waals surface area (Å²) in [5.41, 5.74) is 2.21. The van der Waals surface area contributed by atoms with Gasteiger partial charge in [0.05, 0.1) is 11.6 Å². The Kier molecular flexibility index (Phi) is 8.39. The molecule has 0 saturated carbocycles. The molecule has 0 aromatic heterocycles. The standard InChI is InChI=1S/C15H10NO.C5H5.Fe/c16-11-13-7-5-12(6-8-13)9-10-15(17)14-3-1-2-4-14;1-2-4-5-3-1;/h3-10H,1H2;1-3H,4H2;/q2*-1;+2/b10-9+;;. The SMILES string of the molecule is N#Cc1ccc(/C=C/C(=O)C2=CC[C-]=C2)cc1.[C-]1=CC=CC1.[Fe+2]. The largest absolute Gasteiger partial charge is 2.00 e. The monoisotopic (exact) mass is 341 g/mol. The Labute approximate surface area is 147 Å². The van der Waals surface area contributed by atoms with E-state index in [1.54, 1.807) is 24.3 Å². The van der Waals surface area contributed by atoms with Crippen molar-refractivity contribution in [1.82, 2.24) is 0 Å². The smallest absolute Gasteiger partial charge is 0.311 e. The summed E-state index contributed by atoms with van der Waals surface area (Å²) in [6.07, 6.45) is 20.5. The average molecular weight is 341 g/mol. The van der Waals surface area contributed by atoms with E-state index < -0.39 is 0 Å². The van der Waals surface area contributed by atoms with Gasteiger partial charge in [0.25, 0.3) is 0 Å². The van der Waals surface area contributed by atoms with Gasteiger partial charge < -0.3 is 4.79 Å². The predicted octanol–water partition coefficient (Wildman–Crippen LogP) is 4.13. The molecule has 0 aliphatic heterocycles. The van der Waals surface area contributed by atoms with Crippen molar-refractivity contribution in [3.05, 3.63) is 89.6 Å². The zero-order chi connectivity index (χ0) is 15.6. The van der Waals surface area contributed by atoms with Gasteiger partial charge in [-0.3, -0.25) is 12.2 Å². The first kappa shape index (κ1) is 18.6. The van der Waals surface area contributed by atoms with E-state index in [2.05, 4.69) is 24.3 Å². The summed E-state index contributed by atoms with van der Waals surface area (Å²) >= 11 is 0. The minimum atomic E-state index is -0.0145. The number of nitrogens with zero attached hydrogens (tertiary/aromatic N) is 1. The number of carbonyl (C=O) groups excluding carboxylic acids is 1. The van der Waals surface area contributed by atoms with Crippen LogP contribution in [0.3, 0.4) is 0 Å². The molecule has 0 N–H and O–H groups in total. The fraction of sp³-hybridized carbons (Fsp3) is 0.100. The van der Waals surface area contributed by atoms with E-state index in [0.29, 0.717) is 17.6 Å². The third-order valence-corrected chi connectivity index (χ3v) is 3.03. The summed E-state index contributed by atoms with van der Waals surface area (Å²) in [6, 6.07) is 9.13. The van der Waals surface area contributed by atoms with E-state index in [0.717, 1.165) is 12.0 Å². The molecule has 2 aliphatic carbocycles. The molecule has 0 amide bonds. The minimum Gasteiger partial charge on any atom is -0.311 e. The second kappa shape index (κ2) is 10.3. The van der Waals surface area contributed by atoms with E-state index in [4.69, 9.17) is 5.26 Å². The fourth-order valence-corrected chi connectivity index (χ4v) is 1.85. The van der Waals surface area contributed by atoms with Crippen molar-refractivity contribution < 1.29 is 21.9 Å². The zero-order valence-electron chi connectivity index (χ0n) is 12.5. The number of allylic oxidation sites excluding steroid dienone is 9. The maximum atomic E-state index is 11.7. The molecule has 1 aromatic carbocycles. The minimum absolute atomic E-state index is 0. The molecule has 0 radical (unpaired) electrons. The van der Waals surface area contributed by atoms with Gasteiger partial charge in [-0.25, -0.2) is 18.2 Å². The van der Waals surface area contributed by atoms with Crippen LogP contribution in [0.5, 0.6) is 0 Å². The number of carbonyl (C=O) groups is 1. The molecule has 2 nitrogen and oxygen atoms in total. The van der Waals surface area contributed by atoms with Crippen LogP contribution in [0.4, 0.5) is 0 Å². The number of hydrogen-bond donors (Lipinski definition) is 0. The van der Waals surface area contributed by atoms with Crippen LogP contribution in [0.15, 0.2) is 66.3 Å². The van der Waals surface area contributed by atoms with Gasteiger partial charge in [-0.1, -0.05) is 18.2 Å². The topological polar surface area (TPSA) is 40.9 Å². The van der Waals surface area contributed by atoms with Crippen molar-refractivity contribution in [3.63, 3.8) is 0 Å². The fourth-order valence-electron chi connectivity index (χ4n) is 1.85. The number of nitriles is 1. The van der Waals surface area contributed by atoms with Gasteiger partial charge in [0, 0.05) is 0 Å². The molecule has 1 aromatic rings. The normalized spacial score (nSPS) is 14.0. The Morgan fingerprint density at radius 2 is 1.96 bits per heavy atom. The van der Waals surface area contributed by atoms with Crippen molar-refractivity contribution in [2.24, 2.45) is 0 Å². The van der Waals surface area contributed by atoms with Gasteiger partial charge in [0.1, 0.15) is 5.78 Å². The van der Waals surface area contributed by atoms with Crippen molar-refractivity contribution in [2.45, 2.75) is 12.8 Å². The van der Waals surface area contributed by atoms with Crippen LogP contribution in [0.1, 0.15) is 24.0 Å². The zero-order valence-corrected chi connectivity index (χ0v) is 13.6. The van der Waals surface area contributed by atoms with Crippen LogP contribution >= 0.6 is 0 Å². The number of ketones is 1. The van der Waals surface area contributed by atoms with Gasteiger partial charge in [0.2, 0.25) is 0 Å². The van der Waals surface area contributed by atoms with Gasteiger partial charge in [-0.15, -0.1) is 18.4 Å². The molecule has 0 heterocycles. The maximum absolute atomic E-state index is 11.7. The quantitative estimate of drug-likeness (QED) is 0.471. The second-order valence-electron chi connectivity index (χ2n) is 4.65. The van der Waals surface area contributed by atoms with Crippen LogP contribution in [-0.4, -0.2) is 5.78 Å². The van der Waals surface area contributed by atoms with Crippen LogP contribution < -0.4 is 0 Å². The van der Waals surface area contributed by atoms with Crippen molar-refractivity contribution in [1.29, 1.82) is 5.26 Å². The Balaban J connectivity index is 0.000000377. The molecular weight excluding hydrogens is 326 g/mol. The molecule has 0 fully saturated rings. The molecule has 0 unspecified atom stereocenters. The van der Waals surface area contributed by atoms with Crippen LogP contribution in [0.25, 0.3) is 6.08 Å². The van der Waals surface area contributed by atoms with Crippen molar-refractivity contribution >= 4 is 11.9 Å². The third kappa shape index (κ3) is 6.48. The first-order valence-corrected chi connectivity index (χ1v) is 7.00. The number of hydrogen-bond acceptors (Lipinski definition) is 2.